The van der Waals surface area contributed by atoms with Gasteiger partial charge in [-0.2, -0.15) is 5.10 Å². The number of ketones is 1. The number of aromatic nitrogens is 2. The fourth-order valence-electron chi connectivity index (χ4n) is 2.32. The summed E-state index contributed by atoms with van der Waals surface area (Å²) in [7, 11) is -3.27. The SMILES string of the molecule is CS(=O)(=O)c1ccc(-n2ncc(C(=O)c3ccccc3)c2N)cc1. The van der Waals surface area contributed by atoms with Crippen molar-refractivity contribution in [2.75, 3.05) is 12.0 Å². The topological polar surface area (TPSA) is 95.0 Å². The second-order valence-corrected chi connectivity index (χ2v) is 7.33. The number of hydrogen-bond acceptors (Lipinski definition) is 5. The number of carbonyl (C=O) groups excluding carboxylic acids is 1. The summed E-state index contributed by atoms with van der Waals surface area (Å²) >= 11 is 0. The molecule has 2 aromatic carbocycles. The van der Waals surface area contributed by atoms with Gasteiger partial charge >= 0.3 is 0 Å². The molecule has 122 valence electrons. The first-order valence-electron chi connectivity index (χ1n) is 7.11. The zero-order chi connectivity index (χ0) is 17.3. The molecule has 0 spiro atoms. The third-order valence-corrected chi connectivity index (χ3v) is 4.72. The van der Waals surface area contributed by atoms with Crippen LogP contribution in [0.25, 0.3) is 5.69 Å². The summed E-state index contributed by atoms with van der Waals surface area (Å²) < 4.78 is 24.4. The zero-order valence-electron chi connectivity index (χ0n) is 12.9. The lowest BCUT2D eigenvalue weighted by atomic mass is 10.1. The number of rotatable bonds is 4. The number of sulfone groups is 1. The molecule has 1 heterocycles. The molecule has 0 saturated carbocycles. The summed E-state index contributed by atoms with van der Waals surface area (Å²) in [5, 5.41) is 4.15. The minimum atomic E-state index is -3.27. The number of benzene rings is 2. The molecule has 0 fully saturated rings. The summed E-state index contributed by atoms with van der Waals surface area (Å²) in [4.78, 5) is 12.7. The van der Waals surface area contributed by atoms with Crippen molar-refractivity contribution in [1.29, 1.82) is 0 Å². The van der Waals surface area contributed by atoms with Crippen LogP contribution in [0.15, 0.2) is 65.7 Å². The fourth-order valence-corrected chi connectivity index (χ4v) is 2.95. The van der Waals surface area contributed by atoms with Crippen molar-refractivity contribution in [3.05, 3.63) is 71.9 Å². The van der Waals surface area contributed by atoms with E-state index < -0.39 is 9.84 Å². The number of anilines is 1. The highest BCUT2D eigenvalue weighted by Gasteiger charge is 2.17. The van der Waals surface area contributed by atoms with Crippen molar-refractivity contribution in [2.45, 2.75) is 4.90 Å². The van der Waals surface area contributed by atoms with Crippen LogP contribution < -0.4 is 5.73 Å². The minimum absolute atomic E-state index is 0.205. The molecule has 7 heteroatoms. The Morgan fingerprint density at radius 3 is 2.25 bits per heavy atom. The molecular weight excluding hydrogens is 326 g/mol. The molecule has 0 aliphatic heterocycles. The van der Waals surface area contributed by atoms with E-state index in [0.717, 1.165) is 6.26 Å². The van der Waals surface area contributed by atoms with Crippen LogP contribution in [0.4, 0.5) is 5.82 Å². The highest BCUT2D eigenvalue weighted by Crippen LogP contribution is 2.21. The number of carbonyl (C=O) groups is 1. The van der Waals surface area contributed by atoms with E-state index in [4.69, 9.17) is 5.73 Å². The monoisotopic (exact) mass is 341 g/mol. The van der Waals surface area contributed by atoms with Gasteiger partial charge in [-0.05, 0) is 24.3 Å². The Hall–Kier alpha value is -2.93. The molecule has 2 N–H and O–H groups in total. The summed E-state index contributed by atoms with van der Waals surface area (Å²) in [6.45, 7) is 0. The van der Waals surface area contributed by atoms with E-state index >= 15 is 0 Å². The average Bonchev–Trinajstić information content (AvgIpc) is 2.96. The van der Waals surface area contributed by atoms with E-state index in [2.05, 4.69) is 5.10 Å². The van der Waals surface area contributed by atoms with E-state index in [9.17, 15) is 13.2 Å². The van der Waals surface area contributed by atoms with Gasteiger partial charge in [0.15, 0.2) is 15.6 Å². The van der Waals surface area contributed by atoms with Crippen LogP contribution in [-0.4, -0.2) is 30.2 Å². The largest absolute Gasteiger partial charge is 0.383 e. The first-order chi connectivity index (χ1) is 11.4. The normalized spacial score (nSPS) is 11.4. The summed E-state index contributed by atoms with van der Waals surface area (Å²) in [5.74, 6) is -0.0111. The van der Waals surface area contributed by atoms with Gasteiger partial charge in [-0.15, -0.1) is 0 Å². The Bertz CT molecular complexity index is 991. The average molecular weight is 341 g/mol. The highest BCUT2D eigenvalue weighted by atomic mass is 32.2. The molecule has 0 unspecified atom stereocenters. The van der Waals surface area contributed by atoms with Gasteiger partial charge in [0, 0.05) is 11.8 Å². The summed E-state index contributed by atoms with van der Waals surface area (Å²) in [5.41, 5.74) is 7.46. The van der Waals surface area contributed by atoms with Crippen molar-refractivity contribution >= 4 is 21.4 Å². The van der Waals surface area contributed by atoms with Crippen LogP contribution in [0.1, 0.15) is 15.9 Å². The van der Waals surface area contributed by atoms with Gasteiger partial charge in [-0.25, -0.2) is 13.1 Å². The van der Waals surface area contributed by atoms with Crippen LogP contribution in [0.5, 0.6) is 0 Å². The second kappa shape index (κ2) is 5.93. The maximum absolute atomic E-state index is 12.5. The first kappa shape index (κ1) is 15.9. The Kier molecular flexibility index (Phi) is 3.94. The van der Waals surface area contributed by atoms with Crippen molar-refractivity contribution in [2.24, 2.45) is 0 Å². The first-order valence-corrected chi connectivity index (χ1v) is 9.01. The van der Waals surface area contributed by atoms with E-state index in [1.54, 1.807) is 36.4 Å². The highest BCUT2D eigenvalue weighted by molar-refractivity contribution is 7.90. The molecule has 0 aliphatic carbocycles. The lowest BCUT2D eigenvalue weighted by molar-refractivity contribution is 0.103. The van der Waals surface area contributed by atoms with Gasteiger partial charge < -0.3 is 5.73 Å². The van der Waals surface area contributed by atoms with Gasteiger partial charge in [0.25, 0.3) is 0 Å². The molecule has 24 heavy (non-hydrogen) atoms. The molecule has 3 rings (SSSR count). The van der Waals surface area contributed by atoms with Gasteiger partial charge in [0.1, 0.15) is 5.82 Å². The number of hydrogen-bond donors (Lipinski definition) is 1. The van der Waals surface area contributed by atoms with E-state index in [1.165, 1.54) is 23.0 Å². The molecule has 0 radical (unpaired) electrons. The number of nitrogens with two attached hydrogens (primary N) is 1. The van der Waals surface area contributed by atoms with Crippen LogP contribution in [0.3, 0.4) is 0 Å². The van der Waals surface area contributed by atoms with Crippen molar-refractivity contribution in [3.8, 4) is 5.69 Å². The van der Waals surface area contributed by atoms with Gasteiger partial charge in [0.05, 0.1) is 22.3 Å². The van der Waals surface area contributed by atoms with E-state index in [-0.39, 0.29) is 16.5 Å². The third kappa shape index (κ3) is 2.93. The van der Waals surface area contributed by atoms with Crippen LogP contribution in [0.2, 0.25) is 0 Å². The lowest BCUT2D eigenvalue weighted by Crippen LogP contribution is -2.07. The van der Waals surface area contributed by atoms with Crippen LogP contribution in [-0.2, 0) is 9.84 Å². The molecule has 0 bridgehead atoms. The number of nitrogen functional groups attached to an aromatic ring is 1. The molecule has 0 amide bonds. The van der Waals surface area contributed by atoms with Gasteiger partial charge in [-0.3, -0.25) is 4.79 Å². The van der Waals surface area contributed by atoms with Crippen molar-refractivity contribution in [1.82, 2.24) is 9.78 Å². The van der Waals surface area contributed by atoms with E-state index in [1.807, 2.05) is 6.07 Å². The predicted molar refractivity (Wildman–Crippen MR) is 91.0 cm³/mol. The van der Waals surface area contributed by atoms with E-state index in [0.29, 0.717) is 16.8 Å². The predicted octanol–water partition coefficient (Wildman–Crippen LogP) is 2.09. The number of nitrogens with zero attached hydrogens (tertiary/aromatic N) is 2. The maximum atomic E-state index is 12.5. The lowest BCUT2D eigenvalue weighted by Gasteiger charge is -2.06. The third-order valence-electron chi connectivity index (χ3n) is 3.60. The molecule has 3 aromatic rings. The minimum Gasteiger partial charge on any atom is -0.383 e. The molecule has 0 aliphatic rings. The van der Waals surface area contributed by atoms with Crippen molar-refractivity contribution in [3.63, 3.8) is 0 Å². The Balaban J connectivity index is 1.97. The molecule has 0 atom stereocenters. The smallest absolute Gasteiger partial charge is 0.198 e. The summed E-state index contributed by atoms with van der Waals surface area (Å²) in [6, 6.07) is 14.9. The Labute approximate surface area is 139 Å². The Morgan fingerprint density at radius 1 is 1.04 bits per heavy atom. The summed E-state index contributed by atoms with van der Waals surface area (Å²) in [6.07, 6.45) is 2.55. The van der Waals surface area contributed by atoms with Crippen LogP contribution in [0, 0.1) is 0 Å². The zero-order valence-corrected chi connectivity index (χ0v) is 13.7. The Morgan fingerprint density at radius 2 is 1.67 bits per heavy atom. The fraction of sp³-hybridized carbons (Fsp3) is 0.0588. The van der Waals surface area contributed by atoms with Gasteiger partial charge in [-0.1, -0.05) is 30.3 Å². The molecule has 1 aromatic heterocycles. The standard InChI is InChI=1S/C17H15N3O3S/c1-24(22,23)14-9-7-13(8-10-14)20-17(18)15(11-19-20)16(21)12-5-3-2-4-6-12/h2-11H,18H2,1H3. The van der Waals surface area contributed by atoms with Crippen LogP contribution >= 0.6 is 0 Å². The molecular formula is C17H15N3O3S. The maximum Gasteiger partial charge on any atom is 0.198 e. The van der Waals surface area contributed by atoms with Crippen molar-refractivity contribution < 1.29 is 13.2 Å². The molecule has 0 saturated heterocycles. The second-order valence-electron chi connectivity index (χ2n) is 5.32. The quantitative estimate of drug-likeness (QED) is 0.733. The van der Waals surface area contributed by atoms with Gasteiger partial charge in [0.2, 0.25) is 0 Å². The molecule has 6 nitrogen and oxygen atoms in total.